The van der Waals surface area contributed by atoms with E-state index in [1.54, 1.807) is 6.26 Å². The monoisotopic (exact) mass is 194 g/mol. The van der Waals surface area contributed by atoms with Gasteiger partial charge in [0.05, 0.1) is 12.4 Å². The van der Waals surface area contributed by atoms with Gasteiger partial charge in [-0.3, -0.25) is 0 Å². The summed E-state index contributed by atoms with van der Waals surface area (Å²) in [7, 11) is 0. The molecule has 78 valence electrons. The fourth-order valence-corrected chi connectivity index (χ4v) is 4.26. The second-order valence-corrected chi connectivity index (χ2v) is 5.19. The lowest BCUT2D eigenvalue weighted by atomic mass is 9.80. The van der Waals surface area contributed by atoms with Crippen LogP contribution in [-0.2, 0) is 4.74 Å². The zero-order valence-corrected chi connectivity index (χ0v) is 8.43. The van der Waals surface area contributed by atoms with Gasteiger partial charge in [0.1, 0.15) is 6.10 Å². The predicted molar refractivity (Wildman–Crippen MR) is 53.5 cm³/mol. The van der Waals surface area contributed by atoms with Crippen LogP contribution in [0.5, 0.6) is 0 Å². The number of ether oxygens (including phenoxy) is 1. The van der Waals surface area contributed by atoms with Gasteiger partial charge in [-0.25, -0.2) is 0 Å². The van der Waals surface area contributed by atoms with Gasteiger partial charge >= 0.3 is 0 Å². The Kier molecular flexibility index (Phi) is 1.88. The standard InChI is InChI=1S/C12H18O2/c1-2-14-12-4-7-3-11(12)10-6-8(13)5-9(7)10/h2,7-13H,1,3-6H2. The van der Waals surface area contributed by atoms with Gasteiger partial charge in [0, 0.05) is 0 Å². The van der Waals surface area contributed by atoms with Crippen molar-refractivity contribution in [2.24, 2.45) is 23.7 Å². The molecule has 0 aromatic rings. The Hall–Kier alpha value is -0.500. The van der Waals surface area contributed by atoms with Crippen molar-refractivity contribution in [2.45, 2.75) is 37.9 Å². The zero-order valence-electron chi connectivity index (χ0n) is 8.43. The normalized spacial score (nSPS) is 54.6. The van der Waals surface area contributed by atoms with E-state index >= 15 is 0 Å². The SMILES string of the molecule is C=COC1CC2CC1C1CC(O)CC21. The molecule has 14 heavy (non-hydrogen) atoms. The van der Waals surface area contributed by atoms with E-state index in [4.69, 9.17) is 4.74 Å². The highest BCUT2D eigenvalue weighted by Gasteiger charge is 2.56. The number of hydrogen-bond acceptors (Lipinski definition) is 2. The molecule has 3 aliphatic rings. The molecule has 0 heterocycles. The van der Waals surface area contributed by atoms with Crippen molar-refractivity contribution in [3.05, 3.63) is 12.8 Å². The molecule has 6 unspecified atom stereocenters. The first-order chi connectivity index (χ1) is 6.79. The van der Waals surface area contributed by atoms with Crippen LogP contribution >= 0.6 is 0 Å². The van der Waals surface area contributed by atoms with E-state index in [0.717, 1.165) is 30.6 Å². The topological polar surface area (TPSA) is 29.5 Å². The van der Waals surface area contributed by atoms with Crippen LogP contribution < -0.4 is 0 Å². The molecular formula is C12H18O2. The molecule has 0 amide bonds. The Bertz CT molecular complexity index is 251. The van der Waals surface area contributed by atoms with E-state index < -0.39 is 0 Å². The van der Waals surface area contributed by atoms with Crippen LogP contribution in [0.1, 0.15) is 25.7 Å². The fraction of sp³-hybridized carbons (Fsp3) is 0.833. The minimum atomic E-state index is -0.0298. The van der Waals surface area contributed by atoms with Gasteiger partial charge in [-0.1, -0.05) is 6.58 Å². The van der Waals surface area contributed by atoms with Crippen molar-refractivity contribution in [1.82, 2.24) is 0 Å². The molecule has 3 aliphatic carbocycles. The molecule has 0 saturated heterocycles. The predicted octanol–water partition coefficient (Wildman–Crippen LogP) is 1.94. The molecule has 0 radical (unpaired) electrons. The van der Waals surface area contributed by atoms with Crippen LogP contribution in [0.15, 0.2) is 12.8 Å². The molecule has 6 atom stereocenters. The molecular weight excluding hydrogens is 176 g/mol. The number of hydrogen-bond donors (Lipinski definition) is 1. The molecule has 2 nitrogen and oxygen atoms in total. The molecule has 3 saturated carbocycles. The summed E-state index contributed by atoms with van der Waals surface area (Å²) in [6.07, 6.45) is 6.56. The highest BCUT2D eigenvalue weighted by Crippen LogP contribution is 2.59. The molecule has 0 aromatic carbocycles. The van der Waals surface area contributed by atoms with E-state index in [-0.39, 0.29) is 6.10 Å². The minimum absolute atomic E-state index is 0.0298. The van der Waals surface area contributed by atoms with Gasteiger partial charge in [-0.15, -0.1) is 0 Å². The largest absolute Gasteiger partial charge is 0.498 e. The Morgan fingerprint density at radius 2 is 1.86 bits per heavy atom. The lowest BCUT2D eigenvalue weighted by molar-refractivity contribution is 0.0485. The van der Waals surface area contributed by atoms with Crippen molar-refractivity contribution in [3.8, 4) is 0 Å². The van der Waals surface area contributed by atoms with Crippen LogP contribution in [0.2, 0.25) is 0 Å². The highest BCUT2D eigenvalue weighted by atomic mass is 16.5. The van der Waals surface area contributed by atoms with E-state index in [1.807, 2.05) is 0 Å². The summed E-state index contributed by atoms with van der Waals surface area (Å²) in [6, 6.07) is 0. The van der Waals surface area contributed by atoms with Crippen LogP contribution in [0.4, 0.5) is 0 Å². The molecule has 3 fully saturated rings. The van der Waals surface area contributed by atoms with Gasteiger partial charge in [-0.2, -0.15) is 0 Å². The molecule has 2 bridgehead atoms. The Morgan fingerprint density at radius 3 is 2.64 bits per heavy atom. The summed E-state index contributed by atoms with van der Waals surface area (Å²) in [6.45, 7) is 3.64. The third-order valence-electron chi connectivity index (χ3n) is 4.65. The third-order valence-corrected chi connectivity index (χ3v) is 4.65. The molecule has 0 spiro atoms. The second-order valence-electron chi connectivity index (χ2n) is 5.19. The summed E-state index contributed by atoms with van der Waals surface area (Å²) < 4.78 is 5.56. The average Bonchev–Trinajstić information content (AvgIpc) is 2.74. The van der Waals surface area contributed by atoms with Crippen molar-refractivity contribution in [1.29, 1.82) is 0 Å². The van der Waals surface area contributed by atoms with Crippen LogP contribution in [0.3, 0.4) is 0 Å². The quantitative estimate of drug-likeness (QED) is 0.681. The number of aliphatic hydroxyl groups excluding tert-OH is 1. The van der Waals surface area contributed by atoms with Crippen molar-refractivity contribution in [3.63, 3.8) is 0 Å². The maximum atomic E-state index is 9.65. The van der Waals surface area contributed by atoms with Crippen LogP contribution in [0, 0.1) is 23.7 Å². The summed E-state index contributed by atoms with van der Waals surface area (Å²) in [5, 5.41) is 9.65. The zero-order chi connectivity index (χ0) is 9.71. The molecule has 3 rings (SSSR count). The smallest absolute Gasteiger partial charge is 0.101 e. The Balaban J connectivity index is 1.76. The van der Waals surface area contributed by atoms with Crippen molar-refractivity contribution >= 4 is 0 Å². The van der Waals surface area contributed by atoms with E-state index in [1.165, 1.54) is 12.8 Å². The Labute approximate surface area is 85.0 Å². The molecule has 1 N–H and O–H groups in total. The number of aliphatic hydroxyl groups is 1. The van der Waals surface area contributed by atoms with E-state index in [2.05, 4.69) is 6.58 Å². The number of rotatable bonds is 2. The first-order valence-corrected chi connectivity index (χ1v) is 5.74. The molecule has 0 aromatic heterocycles. The minimum Gasteiger partial charge on any atom is -0.498 e. The lowest BCUT2D eigenvalue weighted by Gasteiger charge is -2.30. The van der Waals surface area contributed by atoms with Gasteiger partial charge in [0.2, 0.25) is 0 Å². The highest BCUT2D eigenvalue weighted by molar-refractivity contribution is 5.05. The summed E-state index contributed by atoms with van der Waals surface area (Å²) in [4.78, 5) is 0. The second kappa shape index (κ2) is 2.99. The maximum absolute atomic E-state index is 9.65. The number of fused-ring (bicyclic) bond motifs is 5. The summed E-state index contributed by atoms with van der Waals surface area (Å²) >= 11 is 0. The van der Waals surface area contributed by atoms with Crippen LogP contribution in [-0.4, -0.2) is 17.3 Å². The molecule has 2 heteroatoms. The first kappa shape index (κ1) is 8.78. The molecule has 0 aliphatic heterocycles. The first-order valence-electron chi connectivity index (χ1n) is 5.74. The Morgan fingerprint density at radius 1 is 1.07 bits per heavy atom. The lowest BCUT2D eigenvalue weighted by Crippen LogP contribution is -2.29. The van der Waals surface area contributed by atoms with Gasteiger partial charge in [0.25, 0.3) is 0 Å². The fourth-order valence-electron chi connectivity index (χ4n) is 4.26. The van der Waals surface area contributed by atoms with E-state index in [0.29, 0.717) is 12.0 Å². The van der Waals surface area contributed by atoms with Gasteiger partial charge in [0.15, 0.2) is 0 Å². The summed E-state index contributed by atoms with van der Waals surface area (Å²) in [5.41, 5.74) is 0. The van der Waals surface area contributed by atoms with Crippen molar-refractivity contribution < 1.29 is 9.84 Å². The average molecular weight is 194 g/mol. The van der Waals surface area contributed by atoms with Gasteiger partial charge in [-0.05, 0) is 49.4 Å². The van der Waals surface area contributed by atoms with E-state index in [9.17, 15) is 5.11 Å². The summed E-state index contributed by atoms with van der Waals surface area (Å²) in [5.74, 6) is 3.08. The van der Waals surface area contributed by atoms with Gasteiger partial charge < -0.3 is 9.84 Å². The van der Waals surface area contributed by atoms with Crippen LogP contribution in [0.25, 0.3) is 0 Å². The van der Waals surface area contributed by atoms with Crippen molar-refractivity contribution in [2.75, 3.05) is 0 Å². The third kappa shape index (κ3) is 1.07. The maximum Gasteiger partial charge on any atom is 0.101 e.